The number of nitrogens with one attached hydrogen (secondary N) is 1. The van der Waals surface area contributed by atoms with Crippen LogP contribution in [0.4, 0.5) is 0 Å². The predicted octanol–water partition coefficient (Wildman–Crippen LogP) is 2.74. The minimum atomic E-state index is 0.304. The van der Waals surface area contributed by atoms with Gasteiger partial charge in [-0.3, -0.25) is 4.68 Å². The SMILES string of the molecule is CCCn1ncc(Br)c1C(NC)C1COC(C)C1. The first-order valence-corrected chi connectivity index (χ1v) is 7.46. The van der Waals surface area contributed by atoms with Crippen LogP contribution < -0.4 is 5.32 Å². The smallest absolute Gasteiger partial charge is 0.0699 e. The molecule has 1 aromatic rings. The van der Waals surface area contributed by atoms with Crippen molar-refractivity contribution < 1.29 is 4.74 Å². The molecule has 0 saturated carbocycles. The van der Waals surface area contributed by atoms with Crippen molar-refractivity contribution in [3.63, 3.8) is 0 Å². The molecule has 5 heteroatoms. The molecule has 1 aromatic heterocycles. The van der Waals surface area contributed by atoms with Gasteiger partial charge in [-0.15, -0.1) is 0 Å². The molecule has 0 spiro atoms. The highest BCUT2D eigenvalue weighted by atomic mass is 79.9. The van der Waals surface area contributed by atoms with Gasteiger partial charge in [0.05, 0.1) is 35.1 Å². The normalized spacial score (nSPS) is 25.6. The molecule has 2 heterocycles. The van der Waals surface area contributed by atoms with Crippen molar-refractivity contribution >= 4 is 15.9 Å². The minimum absolute atomic E-state index is 0.304. The zero-order valence-corrected chi connectivity index (χ0v) is 12.9. The van der Waals surface area contributed by atoms with Crippen LogP contribution in [0.5, 0.6) is 0 Å². The Morgan fingerprint density at radius 1 is 1.67 bits per heavy atom. The third-order valence-electron chi connectivity index (χ3n) is 3.58. The number of nitrogens with zero attached hydrogens (tertiary/aromatic N) is 2. The van der Waals surface area contributed by atoms with Gasteiger partial charge >= 0.3 is 0 Å². The van der Waals surface area contributed by atoms with Crippen molar-refractivity contribution in [2.24, 2.45) is 5.92 Å². The molecule has 0 amide bonds. The average Bonchev–Trinajstić information content (AvgIpc) is 2.91. The molecule has 1 aliphatic rings. The van der Waals surface area contributed by atoms with Crippen LogP contribution in [-0.2, 0) is 11.3 Å². The Labute approximate surface area is 117 Å². The maximum Gasteiger partial charge on any atom is 0.0699 e. The first-order valence-electron chi connectivity index (χ1n) is 6.67. The lowest BCUT2D eigenvalue weighted by atomic mass is 9.94. The highest BCUT2D eigenvalue weighted by Gasteiger charge is 2.32. The molecule has 1 N–H and O–H groups in total. The monoisotopic (exact) mass is 315 g/mol. The summed E-state index contributed by atoms with van der Waals surface area (Å²) < 4.78 is 8.90. The number of aromatic nitrogens is 2. The van der Waals surface area contributed by atoms with Crippen LogP contribution in [0.25, 0.3) is 0 Å². The lowest BCUT2D eigenvalue weighted by Gasteiger charge is -2.23. The fraction of sp³-hybridized carbons (Fsp3) is 0.769. The Morgan fingerprint density at radius 2 is 2.44 bits per heavy atom. The summed E-state index contributed by atoms with van der Waals surface area (Å²) in [5, 5.41) is 7.89. The van der Waals surface area contributed by atoms with Crippen LogP contribution in [-0.4, -0.2) is 29.5 Å². The van der Waals surface area contributed by atoms with Gasteiger partial charge in [0.2, 0.25) is 0 Å². The van der Waals surface area contributed by atoms with Gasteiger partial charge < -0.3 is 10.1 Å². The van der Waals surface area contributed by atoms with E-state index in [9.17, 15) is 0 Å². The second-order valence-corrected chi connectivity index (χ2v) is 5.86. The third kappa shape index (κ3) is 2.78. The molecule has 18 heavy (non-hydrogen) atoms. The molecule has 102 valence electrons. The molecule has 0 bridgehead atoms. The number of aryl methyl sites for hydroxylation is 1. The van der Waals surface area contributed by atoms with Gasteiger partial charge in [0, 0.05) is 12.5 Å². The van der Waals surface area contributed by atoms with Crippen molar-refractivity contribution in [1.82, 2.24) is 15.1 Å². The topological polar surface area (TPSA) is 39.1 Å². The fourth-order valence-electron chi connectivity index (χ4n) is 2.75. The number of ether oxygens (including phenoxy) is 1. The van der Waals surface area contributed by atoms with Gasteiger partial charge in [-0.05, 0) is 42.7 Å². The van der Waals surface area contributed by atoms with Gasteiger partial charge in [-0.2, -0.15) is 5.10 Å². The van der Waals surface area contributed by atoms with Crippen LogP contribution in [0.2, 0.25) is 0 Å². The number of hydrogen-bond acceptors (Lipinski definition) is 3. The van der Waals surface area contributed by atoms with Crippen LogP contribution in [0, 0.1) is 5.92 Å². The third-order valence-corrected chi connectivity index (χ3v) is 4.19. The molecule has 3 unspecified atom stereocenters. The Balaban J connectivity index is 2.23. The fourth-order valence-corrected chi connectivity index (χ4v) is 3.29. The zero-order chi connectivity index (χ0) is 13.1. The number of halogens is 1. The van der Waals surface area contributed by atoms with E-state index in [1.165, 1.54) is 5.69 Å². The summed E-state index contributed by atoms with van der Waals surface area (Å²) in [6.45, 7) is 6.11. The quantitative estimate of drug-likeness (QED) is 0.908. The maximum atomic E-state index is 5.70. The summed E-state index contributed by atoms with van der Waals surface area (Å²) in [7, 11) is 2.02. The van der Waals surface area contributed by atoms with Crippen molar-refractivity contribution in [3.8, 4) is 0 Å². The van der Waals surface area contributed by atoms with E-state index in [1.807, 2.05) is 13.2 Å². The molecule has 0 aliphatic carbocycles. The molecule has 1 saturated heterocycles. The maximum absolute atomic E-state index is 5.70. The van der Waals surface area contributed by atoms with Crippen molar-refractivity contribution in [1.29, 1.82) is 0 Å². The Bertz CT molecular complexity index is 394. The molecule has 3 atom stereocenters. The first-order chi connectivity index (χ1) is 8.67. The van der Waals surface area contributed by atoms with Gasteiger partial charge in [0.15, 0.2) is 0 Å². The molecular weight excluding hydrogens is 294 g/mol. The highest BCUT2D eigenvalue weighted by molar-refractivity contribution is 9.10. The summed E-state index contributed by atoms with van der Waals surface area (Å²) >= 11 is 3.63. The Hall–Kier alpha value is -0.390. The second kappa shape index (κ2) is 6.17. The van der Waals surface area contributed by atoms with E-state index in [2.05, 4.69) is 44.9 Å². The summed E-state index contributed by atoms with van der Waals surface area (Å²) in [5.41, 5.74) is 1.25. The van der Waals surface area contributed by atoms with E-state index < -0.39 is 0 Å². The lowest BCUT2D eigenvalue weighted by molar-refractivity contribution is 0.116. The van der Waals surface area contributed by atoms with Crippen molar-refractivity contribution in [3.05, 3.63) is 16.4 Å². The van der Waals surface area contributed by atoms with Gasteiger partial charge in [-0.1, -0.05) is 6.92 Å². The summed E-state index contributed by atoms with van der Waals surface area (Å²) in [5.74, 6) is 0.522. The van der Waals surface area contributed by atoms with Gasteiger partial charge in [-0.25, -0.2) is 0 Å². The predicted molar refractivity (Wildman–Crippen MR) is 75.5 cm³/mol. The zero-order valence-electron chi connectivity index (χ0n) is 11.3. The molecule has 4 nitrogen and oxygen atoms in total. The van der Waals surface area contributed by atoms with Crippen LogP contribution >= 0.6 is 15.9 Å². The largest absolute Gasteiger partial charge is 0.378 e. The molecule has 2 rings (SSSR count). The number of hydrogen-bond donors (Lipinski definition) is 1. The van der Waals surface area contributed by atoms with E-state index in [1.54, 1.807) is 0 Å². The first kappa shape index (κ1) is 14.0. The van der Waals surface area contributed by atoms with E-state index in [0.717, 1.165) is 30.5 Å². The Kier molecular flexibility index (Phi) is 4.81. The number of rotatable bonds is 5. The van der Waals surface area contributed by atoms with Crippen LogP contribution in [0.15, 0.2) is 10.7 Å². The van der Waals surface area contributed by atoms with E-state index >= 15 is 0 Å². The van der Waals surface area contributed by atoms with E-state index in [4.69, 9.17) is 4.74 Å². The highest BCUT2D eigenvalue weighted by Crippen LogP contribution is 2.34. The summed E-state index contributed by atoms with van der Waals surface area (Å²) in [6, 6.07) is 0.304. The van der Waals surface area contributed by atoms with Crippen molar-refractivity contribution in [2.75, 3.05) is 13.7 Å². The summed E-state index contributed by atoms with van der Waals surface area (Å²) in [4.78, 5) is 0. The molecule has 0 radical (unpaired) electrons. The lowest BCUT2D eigenvalue weighted by Crippen LogP contribution is -2.28. The molecule has 0 aromatic carbocycles. The molecule has 1 aliphatic heterocycles. The van der Waals surface area contributed by atoms with Crippen LogP contribution in [0.1, 0.15) is 38.4 Å². The van der Waals surface area contributed by atoms with Gasteiger partial charge in [0.25, 0.3) is 0 Å². The van der Waals surface area contributed by atoms with E-state index in [-0.39, 0.29) is 0 Å². The minimum Gasteiger partial charge on any atom is -0.378 e. The second-order valence-electron chi connectivity index (χ2n) is 5.01. The Morgan fingerprint density at radius 3 is 3.00 bits per heavy atom. The van der Waals surface area contributed by atoms with Crippen LogP contribution in [0.3, 0.4) is 0 Å². The molecular formula is C13H22BrN3O. The van der Waals surface area contributed by atoms with Crippen molar-refractivity contribution in [2.45, 2.75) is 45.4 Å². The summed E-state index contributed by atoms with van der Waals surface area (Å²) in [6.07, 6.45) is 4.46. The van der Waals surface area contributed by atoms with E-state index in [0.29, 0.717) is 18.1 Å². The molecule has 1 fully saturated rings. The standard InChI is InChI=1S/C13H22BrN3O/c1-4-5-17-13(11(14)7-16-17)12(15-3)10-6-9(2)18-8-10/h7,9-10,12,15H,4-6,8H2,1-3H3. The average molecular weight is 316 g/mol. The van der Waals surface area contributed by atoms with Gasteiger partial charge in [0.1, 0.15) is 0 Å².